The maximum absolute atomic E-state index is 12.1. The van der Waals surface area contributed by atoms with Gasteiger partial charge in [-0.3, -0.25) is 4.79 Å². The van der Waals surface area contributed by atoms with E-state index in [9.17, 15) is 4.79 Å². The molecule has 0 saturated carbocycles. The molecule has 21 heavy (non-hydrogen) atoms. The number of carbonyl (C=O) groups is 1. The maximum atomic E-state index is 12.1. The Kier molecular flexibility index (Phi) is 3.60. The molecule has 1 amide bonds. The molecular formula is C17H17ClN2O. The zero-order valence-corrected chi connectivity index (χ0v) is 12.8. The van der Waals surface area contributed by atoms with E-state index in [0.717, 1.165) is 27.6 Å². The van der Waals surface area contributed by atoms with Crippen LogP contribution in [0.3, 0.4) is 0 Å². The summed E-state index contributed by atoms with van der Waals surface area (Å²) < 4.78 is 0. The molecule has 1 atom stereocenters. The number of hydrogen-bond donors (Lipinski definition) is 1. The van der Waals surface area contributed by atoms with Crippen LogP contribution in [-0.2, 0) is 4.79 Å². The summed E-state index contributed by atoms with van der Waals surface area (Å²) in [5.74, 6) is 0.0335. The van der Waals surface area contributed by atoms with E-state index in [-0.39, 0.29) is 11.8 Å². The van der Waals surface area contributed by atoms with Gasteiger partial charge in [0.15, 0.2) is 0 Å². The number of nitrogens with one attached hydrogen (secondary N) is 1. The Morgan fingerprint density at radius 3 is 2.62 bits per heavy atom. The number of allylic oxidation sites excluding steroid dienone is 4. The molecule has 1 aromatic carbocycles. The zero-order valence-electron chi connectivity index (χ0n) is 12.1. The van der Waals surface area contributed by atoms with Crippen LogP contribution in [0.2, 0.25) is 0 Å². The van der Waals surface area contributed by atoms with Gasteiger partial charge in [-0.25, -0.2) is 0 Å². The molecule has 1 saturated heterocycles. The highest BCUT2D eigenvalue weighted by Crippen LogP contribution is 2.36. The second-order valence-electron chi connectivity index (χ2n) is 5.53. The van der Waals surface area contributed by atoms with Crippen molar-refractivity contribution in [1.29, 1.82) is 0 Å². The Balaban J connectivity index is 1.90. The molecular weight excluding hydrogens is 284 g/mol. The normalized spacial score (nSPS) is 22.5. The first-order valence-electron chi connectivity index (χ1n) is 6.91. The van der Waals surface area contributed by atoms with E-state index in [4.69, 9.17) is 11.6 Å². The molecule has 1 aliphatic carbocycles. The average molecular weight is 301 g/mol. The van der Waals surface area contributed by atoms with E-state index in [1.54, 1.807) is 0 Å². The van der Waals surface area contributed by atoms with Crippen LogP contribution in [0.5, 0.6) is 0 Å². The summed E-state index contributed by atoms with van der Waals surface area (Å²) >= 11 is 6.10. The maximum Gasteiger partial charge on any atom is 0.252 e. The highest BCUT2D eigenvalue weighted by molar-refractivity contribution is 6.30. The smallest absolute Gasteiger partial charge is 0.252 e. The standard InChI is InChI=1S/C17H17ClN2O/c1-20(2)13-6-3-11(4-7-13)9-15-14-10-12(18)5-8-16(14)19-17(15)21/h3-9,14H,10H2,1-2H3,(H,19,21). The Labute approximate surface area is 129 Å². The van der Waals surface area contributed by atoms with Crippen LogP contribution in [0.25, 0.3) is 6.08 Å². The van der Waals surface area contributed by atoms with Crippen molar-refractivity contribution in [1.82, 2.24) is 5.32 Å². The molecule has 3 rings (SSSR count). The molecule has 3 nitrogen and oxygen atoms in total. The Bertz CT molecular complexity index is 669. The van der Waals surface area contributed by atoms with Crippen LogP contribution in [0.4, 0.5) is 5.69 Å². The van der Waals surface area contributed by atoms with Crippen molar-refractivity contribution in [3.8, 4) is 0 Å². The predicted molar refractivity (Wildman–Crippen MR) is 87.0 cm³/mol. The molecule has 1 N–H and O–H groups in total. The highest BCUT2D eigenvalue weighted by Gasteiger charge is 2.34. The van der Waals surface area contributed by atoms with Gasteiger partial charge >= 0.3 is 0 Å². The van der Waals surface area contributed by atoms with Crippen LogP contribution in [-0.4, -0.2) is 20.0 Å². The molecule has 4 heteroatoms. The first-order chi connectivity index (χ1) is 10.0. The van der Waals surface area contributed by atoms with Gasteiger partial charge in [-0.05, 0) is 42.3 Å². The SMILES string of the molecule is CN(C)c1ccc(C=C2C(=O)NC3=CC=C(Cl)CC32)cc1. The molecule has 1 fully saturated rings. The summed E-state index contributed by atoms with van der Waals surface area (Å²) in [4.78, 5) is 14.2. The van der Waals surface area contributed by atoms with Crippen molar-refractivity contribution >= 4 is 29.3 Å². The number of hydrogen-bond acceptors (Lipinski definition) is 2. The van der Waals surface area contributed by atoms with E-state index >= 15 is 0 Å². The Morgan fingerprint density at radius 2 is 1.95 bits per heavy atom. The number of benzene rings is 1. The van der Waals surface area contributed by atoms with Crippen molar-refractivity contribution in [2.45, 2.75) is 6.42 Å². The first kappa shape index (κ1) is 14.0. The van der Waals surface area contributed by atoms with Gasteiger partial charge in [0.05, 0.1) is 0 Å². The van der Waals surface area contributed by atoms with Gasteiger partial charge in [-0.2, -0.15) is 0 Å². The van der Waals surface area contributed by atoms with Crippen molar-refractivity contribution in [3.63, 3.8) is 0 Å². The third-order valence-electron chi connectivity index (χ3n) is 3.85. The number of halogens is 1. The summed E-state index contributed by atoms with van der Waals surface area (Å²) in [5, 5.41) is 3.70. The zero-order chi connectivity index (χ0) is 15.0. The van der Waals surface area contributed by atoms with Gasteiger partial charge in [0.1, 0.15) is 0 Å². The van der Waals surface area contributed by atoms with Gasteiger partial charge in [0, 0.05) is 42.0 Å². The fourth-order valence-corrected chi connectivity index (χ4v) is 2.87. The van der Waals surface area contributed by atoms with Gasteiger partial charge in [0.2, 0.25) is 0 Å². The van der Waals surface area contributed by atoms with Gasteiger partial charge in [-0.15, -0.1) is 0 Å². The molecule has 1 aromatic rings. The molecule has 0 radical (unpaired) electrons. The van der Waals surface area contributed by atoms with Crippen molar-refractivity contribution in [3.05, 3.63) is 58.3 Å². The number of amides is 1. The average Bonchev–Trinajstić information content (AvgIpc) is 2.76. The van der Waals surface area contributed by atoms with E-state index < -0.39 is 0 Å². The van der Waals surface area contributed by atoms with Gasteiger partial charge < -0.3 is 10.2 Å². The predicted octanol–water partition coefficient (Wildman–Crippen LogP) is 3.29. The summed E-state index contributed by atoms with van der Waals surface area (Å²) in [6.45, 7) is 0. The van der Waals surface area contributed by atoms with E-state index in [1.807, 2.05) is 61.5 Å². The lowest BCUT2D eigenvalue weighted by Crippen LogP contribution is -2.13. The lowest BCUT2D eigenvalue weighted by Gasteiger charge is -2.15. The molecule has 1 heterocycles. The number of rotatable bonds is 2. The quantitative estimate of drug-likeness (QED) is 0.850. The summed E-state index contributed by atoms with van der Waals surface area (Å²) in [6.07, 6.45) is 6.39. The summed E-state index contributed by atoms with van der Waals surface area (Å²) in [7, 11) is 4.01. The molecule has 0 aromatic heterocycles. The second kappa shape index (κ2) is 5.41. The molecule has 2 aliphatic rings. The van der Waals surface area contributed by atoms with Crippen LogP contribution >= 0.6 is 11.6 Å². The number of nitrogens with zero attached hydrogens (tertiary/aromatic N) is 1. The van der Waals surface area contributed by atoms with Crippen molar-refractivity contribution in [2.24, 2.45) is 5.92 Å². The molecule has 0 bridgehead atoms. The molecule has 108 valence electrons. The van der Waals surface area contributed by atoms with Crippen LogP contribution in [0.1, 0.15) is 12.0 Å². The Hall–Kier alpha value is -2.00. The lowest BCUT2D eigenvalue weighted by atomic mass is 9.91. The number of carbonyl (C=O) groups excluding carboxylic acids is 1. The molecule has 0 spiro atoms. The van der Waals surface area contributed by atoms with Crippen LogP contribution in [0, 0.1) is 5.92 Å². The fraction of sp³-hybridized carbons (Fsp3) is 0.235. The minimum absolute atomic E-state index is 0.0253. The number of anilines is 1. The lowest BCUT2D eigenvalue weighted by molar-refractivity contribution is -0.115. The third kappa shape index (κ3) is 2.74. The van der Waals surface area contributed by atoms with E-state index in [1.165, 1.54) is 0 Å². The topological polar surface area (TPSA) is 32.3 Å². The number of fused-ring (bicyclic) bond motifs is 1. The van der Waals surface area contributed by atoms with E-state index in [2.05, 4.69) is 5.32 Å². The highest BCUT2D eigenvalue weighted by atomic mass is 35.5. The largest absolute Gasteiger partial charge is 0.378 e. The summed E-state index contributed by atoms with van der Waals surface area (Å²) in [6, 6.07) is 8.14. The molecule has 1 unspecified atom stereocenters. The van der Waals surface area contributed by atoms with Crippen LogP contribution < -0.4 is 10.2 Å². The van der Waals surface area contributed by atoms with Crippen molar-refractivity contribution < 1.29 is 4.79 Å². The van der Waals surface area contributed by atoms with Gasteiger partial charge in [0.25, 0.3) is 5.91 Å². The Morgan fingerprint density at radius 1 is 1.24 bits per heavy atom. The fourth-order valence-electron chi connectivity index (χ4n) is 2.65. The minimum atomic E-state index is -0.0253. The summed E-state index contributed by atoms with van der Waals surface area (Å²) in [5.41, 5.74) is 3.89. The van der Waals surface area contributed by atoms with Crippen LogP contribution in [0.15, 0.2) is 52.7 Å². The monoisotopic (exact) mass is 300 g/mol. The third-order valence-corrected chi connectivity index (χ3v) is 4.13. The minimum Gasteiger partial charge on any atom is -0.378 e. The van der Waals surface area contributed by atoms with Gasteiger partial charge in [-0.1, -0.05) is 23.7 Å². The van der Waals surface area contributed by atoms with Crippen molar-refractivity contribution in [2.75, 3.05) is 19.0 Å². The first-order valence-corrected chi connectivity index (χ1v) is 7.29. The second-order valence-corrected chi connectivity index (χ2v) is 6.02. The molecule has 1 aliphatic heterocycles. The van der Waals surface area contributed by atoms with E-state index in [0.29, 0.717) is 6.42 Å².